The maximum atomic E-state index is 9.32. The minimum Gasteiger partial charge on any atom is -0.387 e. The van der Waals surface area contributed by atoms with Gasteiger partial charge in [-0.25, -0.2) is 4.98 Å². The molecule has 0 bridgehead atoms. The largest absolute Gasteiger partial charge is 0.387 e. The fourth-order valence-corrected chi connectivity index (χ4v) is 1.03. The van der Waals surface area contributed by atoms with E-state index in [1.807, 2.05) is 6.07 Å². The summed E-state index contributed by atoms with van der Waals surface area (Å²) < 4.78 is 0. The lowest BCUT2D eigenvalue weighted by Crippen LogP contribution is -2.02. The van der Waals surface area contributed by atoms with E-state index in [0.29, 0.717) is 5.56 Å². The maximum absolute atomic E-state index is 9.32. The molecule has 13 heavy (non-hydrogen) atoms. The molecule has 1 unspecified atom stereocenters. The highest BCUT2D eigenvalue weighted by Gasteiger charge is 2.08. The first kappa shape index (κ1) is 9.78. The van der Waals surface area contributed by atoms with E-state index in [1.54, 1.807) is 0 Å². The minimum absolute atomic E-state index is 0.0659. The van der Waals surface area contributed by atoms with Crippen LogP contribution in [0.15, 0.2) is 12.3 Å². The van der Waals surface area contributed by atoms with Crippen LogP contribution in [0.2, 0.25) is 0 Å². The van der Waals surface area contributed by atoms with Gasteiger partial charge >= 0.3 is 0 Å². The van der Waals surface area contributed by atoms with Crippen molar-refractivity contribution >= 4 is 17.4 Å². The molecule has 1 heterocycles. The zero-order valence-corrected chi connectivity index (χ0v) is 7.49. The SMILES string of the molecule is N#Cc1cc(C(O)CCl)cnc1N. The second-order valence-corrected chi connectivity index (χ2v) is 2.79. The number of pyridine rings is 1. The summed E-state index contributed by atoms with van der Waals surface area (Å²) in [7, 11) is 0. The first-order valence-corrected chi connectivity index (χ1v) is 4.12. The topological polar surface area (TPSA) is 82.9 Å². The Morgan fingerprint density at radius 2 is 2.46 bits per heavy atom. The third-order valence-electron chi connectivity index (χ3n) is 1.59. The molecule has 0 aliphatic carbocycles. The summed E-state index contributed by atoms with van der Waals surface area (Å²) in [6.45, 7) is 0. The molecule has 0 radical (unpaired) electrons. The summed E-state index contributed by atoms with van der Waals surface area (Å²) in [5, 5.41) is 17.9. The first-order chi connectivity index (χ1) is 6.19. The van der Waals surface area contributed by atoms with Gasteiger partial charge in [0, 0.05) is 11.8 Å². The molecule has 0 aromatic carbocycles. The van der Waals surface area contributed by atoms with E-state index in [0.717, 1.165) is 0 Å². The average Bonchev–Trinajstić information content (AvgIpc) is 2.17. The van der Waals surface area contributed by atoms with Crippen molar-refractivity contribution in [2.75, 3.05) is 11.6 Å². The lowest BCUT2D eigenvalue weighted by Gasteiger charge is -2.06. The number of nitrogens with two attached hydrogens (primary N) is 1. The van der Waals surface area contributed by atoms with E-state index in [9.17, 15) is 5.11 Å². The van der Waals surface area contributed by atoms with Gasteiger partial charge in [-0.15, -0.1) is 11.6 Å². The van der Waals surface area contributed by atoms with Crippen LogP contribution in [0, 0.1) is 11.3 Å². The smallest absolute Gasteiger partial charge is 0.141 e. The summed E-state index contributed by atoms with van der Waals surface area (Å²) >= 11 is 5.43. The van der Waals surface area contributed by atoms with Gasteiger partial charge in [-0.1, -0.05) is 0 Å². The standard InChI is InChI=1S/C8H8ClN3O/c9-2-7(13)6-1-5(3-10)8(11)12-4-6/h1,4,7,13H,2H2,(H2,11,12). The van der Waals surface area contributed by atoms with Gasteiger partial charge in [0.2, 0.25) is 0 Å². The lowest BCUT2D eigenvalue weighted by molar-refractivity contribution is 0.202. The van der Waals surface area contributed by atoms with E-state index < -0.39 is 6.10 Å². The number of halogens is 1. The number of rotatable bonds is 2. The molecule has 68 valence electrons. The number of aliphatic hydroxyl groups excluding tert-OH is 1. The van der Waals surface area contributed by atoms with Crippen LogP contribution in [0.25, 0.3) is 0 Å². The van der Waals surface area contributed by atoms with Crippen LogP contribution in [0.1, 0.15) is 17.2 Å². The molecule has 1 rings (SSSR count). The highest BCUT2D eigenvalue weighted by Crippen LogP contribution is 2.17. The fraction of sp³-hybridized carbons (Fsp3) is 0.250. The van der Waals surface area contributed by atoms with Crippen molar-refractivity contribution in [3.63, 3.8) is 0 Å². The maximum Gasteiger partial charge on any atom is 0.141 e. The number of anilines is 1. The third-order valence-corrected chi connectivity index (χ3v) is 1.88. The molecule has 0 saturated heterocycles. The van der Waals surface area contributed by atoms with Crippen LogP contribution in [0.3, 0.4) is 0 Å². The molecule has 0 amide bonds. The summed E-state index contributed by atoms with van der Waals surface area (Å²) in [6, 6.07) is 3.35. The van der Waals surface area contributed by atoms with Gasteiger partial charge in [-0.05, 0) is 6.07 Å². The summed E-state index contributed by atoms with van der Waals surface area (Å²) in [5.74, 6) is 0.226. The number of nitriles is 1. The Kier molecular flexibility index (Phi) is 3.07. The molecule has 1 aromatic rings. The molecule has 0 aliphatic rings. The van der Waals surface area contributed by atoms with Crippen molar-refractivity contribution in [3.8, 4) is 6.07 Å². The number of nitrogens with zero attached hydrogens (tertiary/aromatic N) is 2. The highest BCUT2D eigenvalue weighted by molar-refractivity contribution is 6.18. The summed E-state index contributed by atoms with van der Waals surface area (Å²) in [4.78, 5) is 3.76. The number of aliphatic hydroxyl groups is 1. The van der Waals surface area contributed by atoms with Crippen molar-refractivity contribution in [1.82, 2.24) is 4.98 Å². The Balaban J connectivity index is 3.08. The van der Waals surface area contributed by atoms with Crippen LogP contribution in [-0.4, -0.2) is 16.0 Å². The fourth-order valence-electron chi connectivity index (χ4n) is 0.852. The minimum atomic E-state index is -0.804. The second-order valence-electron chi connectivity index (χ2n) is 2.48. The number of aromatic nitrogens is 1. The number of hydrogen-bond donors (Lipinski definition) is 2. The first-order valence-electron chi connectivity index (χ1n) is 3.58. The van der Waals surface area contributed by atoms with Crippen LogP contribution >= 0.6 is 11.6 Å². The molecule has 4 nitrogen and oxygen atoms in total. The Hall–Kier alpha value is -1.31. The monoisotopic (exact) mass is 197 g/mol. The molecular formula is C8H8ClN3O. The Labute approximate surface area is 80.6 Å². The molecule has 0 aliphatic heterocycles. The normalized spacial score (nSPS) is 12.1. The molecular weight excluding hydrogens is 190 g/mol. The Morgan fingerprint density at radius 1 is 1.77 bits per heavy atom. The van der Waals surface area contributed by atoms with E-state index >= 15 is 0 Å². The third kappa shape index (κ3) is 2.08. The molecule has 0 saturated carbocycles. The molecule has 5 heteroatoms. The highest BCUT2D eigenvalue weighted by atomic mass is 35.5. The van der Waals surface area contributed by atoms with Gasteiger partial charge in [0.05, 0.1) is 17.5 Å². The zero-order chi connectivity index (χ0) is 9.84. The van der Waals surface area contributed by atoms with E-state index in [4.69, 9.17) is 22.6 Å². The zero-order valence-electron chi connectivity index (χ0n) is 6.74. The van der Waals surface area contributed by atoms with Crippen molar-refractivity contribution in [3.05, 3.63) is 23.4 Å². The van der Waals surface area contributed by atoms with Crippen LogP contribution in [-0.2, 0) is 0 Å². The number of hydrogen-bond acceptors (Lipinski definition) is 4. The summed E-state index contributed by atoms with van der Waals surface area (Å²) in [6.07, 6.45) is 0.602. The second kappa shape index (κ2) is 4.08. The molecule has 0 spiro atoms. The molecule has 0 fully saturated rings. The van der Waals surface area contributed by atoms with Gasteiger partial charge in [0.1, 0.15) is 11.9 Å². The van der Waals surface area contributed by atoms with Crippen LogP contribution in [0.5, 0.6) is 0 Å². The van der Waals surface area contributed by atoms with Gasteiger partial charge in [0.25, 0.3) is 0 Å². The Morgan fingerprint density at radius 3 is 3.00 bits per heavy atom. The number of nitrogen functional groups attached to an aromatic ring is 1. The number of alkyl halides is 1. The summed E-state index contributed by atoms with van der Waals surface area (Å²) in [5.41, 5.74) is 6.15. The Bertz CT molecular complexity index is 348. The van der Waals surface area contributed by atoms with Gasteiger partial charge < -0.3 is 10.8 Å². The predicted molar refractivity (Wildman–Crippen MR) is 49.0 cm³/mol. The average molecular weight is 198 g/mol. The van der Waals surface area contributed by atoms with E-state index in [2.05, 4.69) is 4.98 Å². The van der Waals surface area contributed by atoms with Crippen molar-refractivity contribution in [2.45, 2.75) is 6.10 Å². The van der Waals surface area contributed by atoms with Crippen molar-refractivity contribution in [1.29, 1.82) is 5.26 Å². The van der Waals surface area contributed by atoms with Crippen molar-refractivity contribution in [2.24, 2.45) is 0 Å². The van der Waals surface area contributed by atoms with Gasteiger partial charge in [-0.3, -0.25) is 0 Å². The van der Waals surface area contributed by atoms with E-state index in [-0.39, 0.29) is 17.3 Å². The molecule has 3 N–H and O–H groups in total. The van der Waals surface area contributed by atoms with Crippen LogP contribution in [0.4, 0.5) is 5.82 Å². The molecule has 1 atom stereocenters. The van der Waals surface area contributed by atoms with E-state index in [1.165, 1.54) is 12.3 Å². The van der Waals surface area contributed by atoms with Crippen LogP contribution < -0.4 is 5.73 Å². The van der Waals surface area contributed by atoms with Gasteiger partial charge in [-0.2, -0.15) is 5.26 Å². The van der Waals surface area contributed by atoms with Crippen molar-refractivity contribution < 1.29 is 5.11 Å². The predicted octanol–water partition coefficient (Wildman–Crippen LogP) is 0.808. The quantitative estimate of drug-likeness (QED) is 0.688. The van der Waals surface area contributed by atoms with Gasteiger partial charge in [0.15, 0.2) is 0 Å². The lowest BCUT2D eigenvalue weighted by atomic mass is 10.1. The molecule has 1 aromatic heterocycles.